The van der Waals surface area contributed by atoms with Gasteiger partial charge in [0.15, 0.2) is 0 Å². The molecule has 2 amide bonds. The number of nitrogens with zero attached hydrogens (tertiary/aromatic N) is 2. The zero-order chi connectivity index (χ0) is 20.5. The van der Waals surface area contributed by atoms with E-state index in [9.17, 15) is 19.7 Å². The summed E-state index contributed by atoms with van der Waals surface area (Å²) in [6, 6.07) is 11.0. The van der Waals surface area contributed by atoms with E-state index in [1.807, 2.05) is 0 Å². The number of carbonyl (C=O) groups excluding carboxylic acids is 2. The van der Waals surface area contributed by atoms with Crippen molar-refractivity contribution in [2.24, 2.45) is 5.10 Å². The second kappa shape index (κ2) is 10.0. The number of nitro groups is 1. The number of benzene rings is 2. The standard InChI is InChI=1S/C18H17ClN4O5/c1-28-16-5-3-2-4-14(16)21-17(24)8-9-18(25)22-20-11-12-6-7-13(19)15(10-12)23(26)27/h2-7,10-11H,8-9H2,1H3,(H,21,24)(H,22,25). The Kier molecular flexibility index (Phi) is 7.46. The number of para-hydroxylation sites is 2. The molecule has 0 saturated carbocycles. The molecule has 2 N–H and O–H groups in total. The van der Waals surface area contributed by atoms with Gasteiger partial charge in [0, 0.05) is 24.5 Å². The van der Waals surface area contributed by atoms with E-state index in [-0.39, 0.29) is 29.5 Å². The topological polar surface area (TPSA) is 123 Å². The maximum absolute atomic E-state index is 12.0. The quantitative estimate of drug-likeness (QED) is 0.397. The summed E-state index contributed by atoms with van der Waals surface area (Å²) in [5.41, 5.74) is 2.91. The number of amides is 2. The fourth-order valence-electron chi connectivity index (χ4n) is 2.17. The Bertz CT molecular complexity index is 917. The molecule has 0 fully saturated rings. The third-order valence-corrected chi connectivity index (χ3v) is 3.85. The number of nitro benzene ring substituents is 1. The summed E-state index contributed by atoms with van der Waals surface area (Å²) in [5.74, 6) is -0.311. The summed E-state index contributed by atoms with van der Waals surface area (Å²) in [7, 11) is 1.49. The van der Waals surface area contributed by atoms with Gasteiger partial charge in [-0.25, -0.2) is 5.43 Å². The Hall–Kier alpha value is -3.46. The second-order valence-corrected chi connectivity index (χ2v) is 5.92. The molecule has 0 atom stereocenters. The summed E-state index contributed by atoms with van der Waals surface area (Å²) in [6.07, 6.45) is 1.11. The van der Waals surface area contributed by atoms with Gasteiger partial charge in [0.25, 0.3) is 5.69 Å². The van der Waals surface area contributed by atoms with Crippen LogP contribution >= 0.6 is 11.6 Å². The van der Waals surface area contributed by atoms with Crippen molar-refractivity contribution in [3.63, 3.8) is 0 Å². The zero-order valence-electron chi connectivity index (χ0n) is 14.8. The number of hydrazone groups is 1. The van der Waals surface area contributed by atoms with Crippen LogP contribution in [0.3, 0.4) is 0 Å². The maximum Gasteiger partial charge on any atom is 0.288 e. The highest BCUT2D eigenvalue weighted by molar-refractivity contribution is 6.32. The van der Waals surface area contributed by atoms with Crippen molar-refractivity contribution in [2.75, 3.05) is 12.4 Å². The molecule has 0 heterocycles. The Balaban J connectivity index is 1.82. The number of hydrogen-bond acceptors (Lipinski definition) is 6. The first-order chi connectivity index (χ1) is 13.4. The molecule has 0 aliphatic heterocycles. The second-order valence-electron chi connectivity index (χ2n) is 5.51. The third kappa shape index (κ3) is 6.06. The molecule has 10 heteroatoms. The van der Waals surface area contributed by atoms with E-state index in [2.05, 4.69) is 15.8 Å². The number of nitrogens with one attached hydrogen (secondary N) is 2. The van der Waals surface area contributed by atoms with Gasteiger partial charge >= 0.3 is 0 Å². The number of carbonyl (C=O) groups is 2. The van der Waals surface area contributed by atoms with Crippen molar-refractivity contribution in [1.82, 2.24) is 5.43 Å². The molecule has 0 aliphatic carbocycles. The lowest BCUT2D eigenvalue weighted by Gasteiger charge is -2.09. The lowest BCUT2D eigenvalue weighted by atomic mass is 10.2. The lowest BCUT2D eigenvalue weighted by Crippen LogP contribution is -2.20. The molecule has 0 aromatic heterocycles. The SMILES string of the molecule is COc1ccccc1NC(=O)CCC(=O)NN=Cc1ccc(Cl)c([N+](=O)[O-])c1. The van der Waals surface area contributed by atoms with Gasteiger partial charge in [0.05, 0.1) is 23.9 Å². The van der Waals surface area contributed by atoms with Crippen LogP contribution in [0.2, 0.25) is 5.02 Å². The number of halogens is 1. The third-order valence-electron chi connectivity index (χ3n) is 3.53. The van der Waals surface area contributed by atoms with E-state index in [4.69, 9.17) is 16.3 Å². The Morgan fingerprint density at radius 1 is 1.21 bits per heavy atom. The number of hydrogen-bond donors (Lipinski definition) is 2. The molecule has 0 bridgehead atoms. The molecular weight excluding hydrogens is 388 g/mol. The minimum atomic E-state index is -0.613. The molecule has 0 aliphatic rings. The first-order valence-corrected chi connectivity index (χ1v) is 8.47. The number of methoxy groups -OCH3 is 1. The Labute approximate surface area is 165 Å². The van der Waals surface area contributed by atoms with Crippen molar-refractivity contribution >= 4 is 41.0 Å². The van der Waals surface area contributed by atoms with Gasteiger partial charge in [-0.1, -0.05) is 29.8 Å². The van der Waals surface area contributed by atoms with Crippen LogP contribution in [-0.4, -0.2) is 30.1 Å². The highest BCUT2D eigenvalue weighted by atomic mass is 35.5. The Morgan fingerprint density at radius 2 is 1.93 bits per heavy atom. The summed E-state index contributed by atoms with van der Waals surface area (Å²) >= 11 is 5.72. The average Bonchev–Trinajstić information content (AvgIpc) is 2.68. The van der Waals surface area contributed by atoms with Crippen LogP contribution in [0.4, 0.5) is 11.4 Å². The molecule has 2 aromatic carbocycles. The van der Waals surface area contributed by atoms with E-state index in [0.29, 0.717) is 17.0 Å². The lowest BCUT2D eigenvalue weighted by molar-refractivity contribution is -0.384. The van der Waals surface area contributed by atoms with Crippen LogP contribution < -0.4 is 15.5 Å². The van der Waals surface area contributed by atoms with Crippen LogP contribution in [0.5, 0.6) is 5.75 Å². The number of anilines is 1. The predicted octanol–water partition coefficient (Wildman–Crippen LogP) is 3.13. The predicted molar refractivity (Wildman–Crippen MR) is 105 cm³/mol. The molecule has 28 heavy (non-hydrogen) atoms. The maximum atomic E-state index is 12.0. The summed E-state index contributed by atoms with van der Waals surface area (Å²) in [5, 5.41) is 17.2. The minimum Gasteiger partial charge on any atom is -0.495 e. The van der Waals surface area contributed by atoms with E-state index >= 15 is 0 Å². The normalized spacial score (nSPS) is 10.5. The van der Waals surface area contributed by atoms with Crippen LogP contribution in [0.25, 0.3) is 0 Å². The molecule has 9 nitrogen and oxygen atoms in total. The van der Waals surface area contributed by atoms with Gasteiger partial charge in [-0.05, 0) is 18.2 Å². The van der Waals surface area contributed by atoms with E-state index in [0.717, 1.165) is 0 Å². The largest absolute Gasteiger partial charge is 0.495 e. The molecule has 2 aromatic rings. The average molecular weight is 405 g/mol. The summed E-state index contributed by atoms with van der Waals surface area (Å²) < 4.78 is 5.13. The van der Waals surface area contributed by atoms with Gasteiger partial charge in [0.1, 0.15) is 10.8 Å². The van der Waals surface area contributed by atoms with Gasteiger partial charge in [0.2, 0.25) is 11.8 Å². The van der Waals surface area contributed by atoms with Crippen molar-refractivity contribution < 1.29 is 19.2 Å². The number of ether oxygens (including phenoxy) is 1. The van der Waals surface area contributed by atoms with Crippen LogP contribution in [0.15, 0.2) is 47.6 Å². The van der Waals surface area contributed by atoms with E-state index in [1.54, 1.807) is 24.3 Å². The Morgan fingerprint density at radius 3 is 2.64 bits per heavy atom. The number of rotatable bonds is 8. The molecule has 0 saturated heterocycles. The minimum absolute atomic E-state index is 0.00671. The van der Waals surface area contributed by atoms with Crippen LogP contribution in [-0.2, 0) is 9.59 Å². The van der Waals surface area contributed by atoms with Crippen LogP contribution in [0.1, 0.15) is 18.4 Å². The van der Waals surface area contributed by atoms with Crippen LogP contribution in [0, 0.1) is 10.1 Å². The molecule has 0 unspecified atom stereocenters. The molecular formula is C18H17ClN4O5. The fourth-order valence-corrected chi connectivity index (χ4v) is 2.36. The van der Waals surface area contributed by atoms with Crippen molar-refractivity contribution in [2.45, 2.75) is 12.8 Å². The summed E-state index contributed by atoms with van der Waals surface area (Å²) in [4.78, 5) is 34.0. The van der Waals surface area contributed by atoms with E-state index < -0.39 is 10.8 Å². The highest BCUT2D eigenvalue weighted by Gasteiger charge is 2.12. The molecule has 0 radical (unpaired) electrons. The zero-order valence-corrected chi connectivity index (χ0v) is 15.6. The van der Waals surface area contributed by atoms with E-state index in [1.165, 1.54) is 31.5 Å². The van der Waals surface area contributed by atoms with Crippen molar-refractivity contribution in [3.8, 4) is 5.75 Å². The van der Waals surface area contributed by atoms with Gasteiger partial charge < -0.3 is 10.1 Å². The first kappa shape index (κ1) is 20.8. The highest BCUT2D eigenvalue weighted by Crippen LogP contribution is 2.24. The van der Waals surface area contributed by atoms with Gasteiger partial charge in [-0.2, -0.15) is 5.10 Å². The molecule has 146 valence electrons. The smallest absolute Gasteiger partial charge is 0.288 e. The van der Waals surface area contributed by atoms with Gasteiger partial charge in [-0.3, -0.25) is 19.7 Å². The summed E-state index contributed by atoms with van der Waals surface area (Å²) in [6.45, 7) is 0. The van der Waals surface area contributed by atoms with Gasteiger partial charge in [-0.15, -0.1) is 0 Å². The van der Waals surface area contributed by atoms with Crippen molar-refractivity contribution in [3.05, 3.63) is 63.2 Å². The van der Waals surface area contributed by atoms with Crippen molar-refractivity contribution in [1.29, 1.82) is 0 Å². The monoisotopic (exact) mass is 404 g/mol. The molecule has 0 spiro atoms. The first-order valence-electron chi connectivity index (χ1n) is 8.09. The fraction of sp³-hybridized carbons (Fsp3) is 0.167. The molecule has 2 rings (SSSR count).